The Kier molecular flexibility index (Phi) is 5.02. The van der Waals surface area contributed by atoms with Gasteiger partial charge < -0.3 is 15.0 Å². The molecule has 1 saturated carbocycles. The van der Waals surface area contributed by atoms with Crippen molar-refractivity contribution in [1.29, 1.82) is 0 Å². The number of nitrogens with one attached hydrogen (secondary N) is 2. The van der Waals surface area contributed by atoms with E-state index in [1.165, 1.54) is 0 Å². The van der Waals surface area contributed by atoms with Gasteiger partial charge >= 0.3 is 6.18 Å². The second-order valence-electron chi connectivity index (χ2n) is 7.34. The molecule has 2 heterocycles. The number of imidazole rings is 1. The number of alkyl halides is 3. The summed E-state index contributed by atoms with van der Waals surface area (Å²) >= 11 is 1.13. The smallest absolute Gasteiger partial charge is 0.422 e. The lowest BCUT2D eigenvalue weighted by Gasteiger charge is -2.12. The molecule has 2 N–H and O–H groups in total. The van der Waals surface area contributed by atoms with Crippen LogP contribution in [0.4, 0.5) is 13.2 Å². The fourth-order valence-corrected chi connectivity index (χ4v) is 4.34. The highest BCUT2D eigenvalue weighted by Crippen LogP contribution is 2.47. The van der Waals surface area contributed by atoms with Gasteiger partial charge in [-0.15, -0.1) is 11.3 Å². The van der Waals surface area contributed by atoms with Gasteiger partial charge in [-0.2, -0.15) is 13.2 Å². The molecule has 1 amide bonds. The minimum absolute atomic E-state index is 0.0605. The fraction of sp³-hybridized carbons (Fsp3) is 0.400. The molecule has 29 heavy (non-hydrogen) atoms. The van der Waals surface area contributed by atoms with Crippen LogP contribution in [0, 0.1) is 12.8 Å². The minimum Gasteiger partial charge on any atom is -0.474 e. The van der Waals surface area contributed by atoms with Crippen LogP contribution in [0.1, 0.15) is 41.6 Å². The van der Waals surface area contributed by atoms with Crippen molar-refractivity contribution in [2.75, 3.05) is 6.61 Å². The molecule has 1 fully saturated rings. The molecule has 154 valence electrons. The van der Waals surface area contributed by atoms with Crippen molar-refractivity contribution in [3.63, 3.8) is 0 Å². The Labute approximate surface area is 169 Å². The predicted octanol–water partition coefficient (Wildman–Crippen LogP) is 4.85. The van der Waals surface area contributed by atoms with Crippen molar-refractivity contribution in [3.8, 4) is 5.06 Å². The number of aryl methyl sites for hydroxylation is 1. The average Bonchev–Trinajstić information content (AvgIpc) is 3.20. The van der Waals surface area contributed by atoms with Crippen LogP contribution in [0.15, 0.2) is 30.3 Å². The first-order valence-electron chi connectivity index (χ1n) is 9.26. The third kappa shape index (κ3) is 4.39. The molecule has 0 spiro atoms. The number of hydrogen-bond acceptors (Lipinski definition) is 4. The summed E-state index contributed by atoms with van der Waals surface area (Å²) < 4.78 is 42.0. The third-order valence-corrected chi connectivity index (χ3v) is 6.26. The van der Waals surface area contributed by atoms with E-state index in [1.807, 2.05) is 31.2 Å². The molecule has 1 aromatic carbocycles. The van der Waals surface area contributed by atoms with Crippen LogP contribution in [0.2, 0.25) is 0 Å². The van der Waals surface area contributed by atoms with Gasteiger partial charge in [-0.3, -0.25) is 4.79 Å². The molecule has 0 aliphatic heterocycles. The number of carbonyl (C=O) groups is 1. The molecular formula is C20H20F3N3O2S. The van der Waals surface area contributed by atoms with Crippen LogP contribution < -0.4 is 10.1 Å². The number of H-pyrrole nitrogens is 1. The molecule has 5 nitrogen and oxygen atoms in total. The van der Waals surface area contributed by atoms with E-state index in [1.54, 1.807) is 13.0 Å². The third-order valence-electron chi connectivity index (χ3n) is 4.93. The van der Waals surface area contributed by atoms with Crippen LogP contribution in [0.5, 0.6) is 5.06 Å². The second-order valence-corrected chi connectivity index (χ2v) is 8.39. The normalized spacial score (nSPS) is 19.9. The summed E-state index contributed by atoms with van der Waals surface area (Å²) in [6.07, 6.45) is -3.66. The zero-order valence-corrected chi connectivity index (χ0v) is 16.7. The Hall–Kier alpha value is -2.55. The first-order chi connectivity index (χ1) is 13.7. The van der Waals surface area contributed by atoms with Gasteiger partial charge in [-0.25, -0.2) is 4.98 Å². The van der Waals surface area contributed by atoms with E-state index in [-0.39, 0.29) is 28.8 Å². The SMILES string of the molecule is Cc1cc([C@@H](C)NC(=O)[C@H]2C[C@@H]2c2nc3ccccc3[nH]2)sc1OCC(F)(F)F. The van der Waals surface area contributed by atoms with Gasteiger partial charge in [0.05, 0.1) is 17.1 Å². The van der Waals surface area contributed by atoms with Crippen molar-refractivity contribution in [3.05, 3.63) is 46.6 Å². The molecule has 0 unspecified atom stereocenters. The molecule has 1 aliphatic rings. The first kappa shape index (κ1) is 19.8. The van der Waals surface area contributed by atoms with E-state index in [0.29, 0.717) is 5.56 Å². The molecular weight excluding hydrogens is 403 g/mol. The van der Waals surface area contributed by atoms with E-state index in [2.05, 4.69) is 15.3 Å². The monoisotopic (exact) mass is 423 g/mol. The van der Waals surface area contributed by atoms with Crippen molar-refractivity contribution in [2.45, 2.75) is 38.4 Å². The van der Waals surface area contributed by atoms with E-state index in [4.69, 9.17) is 4.74 Å². The maximum atomic E-state index is 12.6. The largest absolute Gasteiger partial charge is 0.474 e. The number of benzene rings is 1. The van der Waals surface area contributed by atoms with Crippen LogP contribution >= 0.6 is 11.3 Å². The van der Waals surface area contributed by atoms with Crippen LogP contribution in [0.3, 0.4) is 0 Å². The predicted molar refractivity (Wildman–Crippen MR) is 104 cm³/mol. The lowest BCUT2D eigenvalue weighted by molar-refractivity contribution is -0.153. The van der Waals surface area contributed by atoms with Crippen molar-refractivity contribution >= 4 is 28.3 Å². The van der Waals surface area contributed by atoms with Gasteiger partial charge in [-0.1, -0.05) is 12.1 Å². The van der Waals surface area contributed by atoms with Gasteiger partial charge in [0.2, 0.25) is 5.91 Å². The number of aromatic amines is 1. The number of aromatic nitrogens is 2. The number of rotatable bonds is 6. The summed E-state index contributed by atoms with van der Waals surface area (Å²) in [7, 11) is 0. The highest BCUT2D eigenvalue weighted by Gasteiger charge is 2.46. The lowest BCUT2D eigenvalue weighted by atomic mass is 10.2. The Bertz CT molecular complexity index is 1010. The van der Waals surface area contributed by atoms with Gasteiger partial charge in [0.25, 0.3) is 0 Å². The number of halogens is 3. The number of para-hydroxylation sites is 2. The summed E-state index contributed by atoms with van der Waals surface area (Å²) in [6, 6.07) is 9.16. The lowest BCUT2D eigenvalue weighted by Crippen LogP contribution is -2.28. The highest BCUT2D eigenvalue weighted by atomic mass is 32.1. The highest BCUT2D eigenvalue weighted by molar-refractivity contribution is 7.14. The van der Waals surface area contributed by atoms with Crippen LogP contribution in [-0.4, -0.2) is 28.7 Å². The number of ether oxygens (including phenoxy) is 1. The van der Waals surface area contributed by atoms with Gasteiger partial charge in [0.1, 0.15) is 5.82 Å². The Balaban J connectivity index is 1.36. The Morgan fingerprint density at radius 2 is 2.17 bits per heavy atom. The summed E-state index contributed by atoms with van der Waals surface area (Å²) in [4.78, 5) is 21.2. The second kappa shape index (κ2) is 7.37. The van der Waals surface area contributed by atoms with Crippen molar-refractivity contribution < 1.29 is 22.7 Å². The Morgan fingerprint density at radius 1 is 1.41 bits per heavy atom. The number of hydrogen-bond donors (Lipinski definition) is 2. The maximum absolute atomic E-state index is 12.6. The molecule has 3 aromatic rings. The molecule has 3 atom stereocenters. The molecule has 1 aliphatic carbocycles. The average molecular weight is 423 g/mol. The zero-order chi connectivity index (χ0) is 20.8. The van der Waals surface area contributed by atoms with Crippen molar-refractivity contribution in [1.82, 2.24) is 15.3 Å². The first-order valence-corrected chi connectivity index (χ1v) is 10.1. The molecule has 2 aromatic heterocycles. The van der Waals surface area contributed by atoms with Gasteiger partial charge in [0.15, 0.2) is 11.7 Å². The van der Waals surface area contributed by atoms with Gasteiger partial charge in [0, 0.05) is 22.3 Å². The molecule has 0 saturated heterocycles. The van der Waals surface area contributed by atoms with Gasteiger partial charge in [-0.05, 0) is 38.5 Å². The summed E-state index contributed by atoms with van der Waals surface area (Å²) in [5, 5.41) is 3.18. The standard InChI is InChI=1S/C20H20F3N3O2S/c1-10-7-16(29-19(10)28-9-20(21,22)23)11(2)24-18(27)13-8-12(13)17-25-14-5-3-4-6-15(14)26-17/h3-7,11-13H,8-9H2,1-2H3,(H,24,27)(H,25,26)/t11-,12+,13+/m1/s1. The van der Waals surface area contributed by atoms with Crippen LogP contribution in [0.25, 0.3) is 11.0 Å². The molecule has 4 rings (SSSR count). The van der Waals surface area contributed by atoms with E-state index in [9.17, 15) is 18.0 Å². The van der Waals surface area contributed by atoms with Crippen LogP contribution in [-0.2, 0) is 4.79 Å². The minimum atomic E-state index is -4.38. The number of fused-ring (bicyclic) bond motifs is 1. The van der Waals surface area contributed by atoms with Crippen molar-refractivity contribution in [2.24, 2.45) is 5.92 Å². The number of amides is 1. The summed E-state index contributed by atoms with van der Waals surface area (Å²) in [5.41, 5.74) is 2.45. The number of nitrogens with zero attached hydrogens (tertiary/aromatic N) is 1. The number of thiophene rings is 1. The van der Waals surface area contributed by atoms with E-state index >= 15 is 0 Å². The van der Waals surface area contributed by atoms with E-state index < -0.39 is 12.8 Å². The zero-order valence-electron chi connectivity index (χ0n) is 15.8. The quantitative estimate of drug-likeness (QED) is 0.595. The fourth-order valence-electron chi connectivity index (χ4n) is 3.32. The Morgan fingerprint density at radius 3 is 2.90 bits per heavy atom. The maximum Gasteiger partial charge on any atom is 0.422 e. The summed E-state index contributed by atoms with van der Waals surface area (Å²) in [5.74, 6) is 0.644. The number of carbonyl (C=O) groups excluding carboxylic acids is 1. The topological polar surface area (TPSA) is 67.0 Å². The molecule has 0 radical (unpaired) electrons. The summed E-state index contributed by atoms with van der Waals surface area (Å²) in [6.45, 7) is 2.18. The van der Waals surface area contributed by atoms with E-state index in [0.717, 1.165) is 39.5 Å². The molecule has 0 bridgehead atoms. The molecule has 9 heteroatoms.